The SMILES string of the molecule is CC(C)N(CCO)Cc1cccc(C(=N)N)c1. The number of nitrogens with two attached hydrogens (primary N) is 1. The maximum absolute atomic E-state index is 9.01. The Morgan fingerprint density at radius 1 is 1.47 bits per heavy atom. The first-order chi connectivity index (χ1) is 8.04. The largest absolute Gasteiger partial charge is 0.395 e. The van der Waals surface area contributed by atoms with Crippen molar-refractivity contribution in [2.24, 2.45) is 5.73 Å². The Morgan fingerprint density at radius 2 is 2.18 bits per heavy atom. The first-order valence-electron chi connectivity index (χ1n) is 5.83. The molecule has 0 radical (unpaired) electrons. The van der Waals surface area contributed by atoms with Gasteiger partial charge in [-0.2, -0.15) is 0 Å². The third-order valence-corrected chi connectivity index (χ3v) is 2.74. The zero-order chi connectivity index (χ0) is 12.8. The number of nitrogen functional groups attached to an aromatic ring is 1. The molecule has 0 spiro atoms. The Balaban J connectivity index is 2.78. The Morgan fingerprint density at radius 3 is 2.71 bits per heavy atom. The Labute approximate surface area is 103 Å². The van der Waals surface area contributed by atoms with E-state index in [0.717, 1.165) is 17.7 Å². The van der Waals surface area contributed by atoms with Crippen LogP contribution in [0.5, 0.6) is 0 Å². The molecule has 4 N–H and O–H groups in total. The van der Waals surface area contributed by atoms with Gasteiger partial charge < -0.3 is 10.8 Å². The fourth-order valence-electron chi connectivity index (χ4n) is 1.72. The lowest BCUT2D eigenvalue weighted by molar-refractivity contribution is 0.159. The number of hydrogen-bond acceptors (Lipinski definition) is 3. The molecule has 0 atom stereocenters. The van der Waals surface area contributed by atoms with Crippen LogP contribution in [0, 0.1) is 5.41 Å². The van der Waals surface area contributed by atoms with Gasteiger partial charge in [0.1, 0.15) is 5.84 Å². The van der Waals surface area contributed by atoms with E-state index < -0.39 is 0 Å². The molecule has 0 aromatic heterocycles. The van der Waals surface area contributed by atoms with E-state index in [0.29, 0.717) is 12.6 Å². The van der Waals surface area contributed by atoms with Gasteiger partial charge in [0.25, 0.3) is 0 Å². The van der Waals surface area contributed by atoms with E-state index in [1.807, 2.05) is 24.3 Å². The summed E-state index contributed by atoms with van der Waals surface area (Å²) in [4.78, 5) is 2.18. The number of rotatable bonds is 6. The highest BCUT2D eigenvalue weighted by atomic mass is 16.3. The minimum Gasteiger partial charge on any atom is -0.395 e. The van der Waals surface area contributed by atoms with Crippen LogP contribution in [0.1, 0.15) is 25.0 Å². The van der Waals surface area contributed by atoms with Crippen LogP contribution in [0.15, 0.2) is 24.3 Å². The highest BCUT2D eigenvalue weighted by Crippen LogP contribution is 2.10. The summed E-state index contributed by atoms with van der Waals surface area (Å²) in [5.74, 6) is 0.0881. The third kappa shape index (κ3) is 4.17. The van der Waals surface area contributed by atoms with Gasteiger partial charge in [0.05, 0.1) is 6.61 Å². The monoisotopic (exact) mass is 235 g/mol. The minimum atomic E-state index is 0.0881. The summed E-state index contributed by atoms with van der Waals surface area (Å²) in [6.07, 6.45) is 0. The van der Waals surface area contributed by atoms with Crippen molar-refractivity contribution in [2.45, 2.75) is 26.4 Å². The summed E-state index contributed by atoms with van der Waals surface area (Å²) in [5.41, 5.74) is 7.32. The van der Waals surface area contributed by atoms with Gasteiger partial charge in [-0.3, -0.25) is 10.3 Å². The minimum absolute atomic E-state index is 0.0881. The van der Waals surface area contributed by atoms with E-state index in [2.05, 4.69) is 18.7 Å². The number of aliphatic hydroxyl groups is 1. The molecule has 4 nitrogen and oxygen atoms in total. The third-order valence-electron chi connectivity index (χ3n) is 2.74. The molecule has 94 valence electrons. The second-order valence-electron chi connectivity index (χ2n) is 4.40. The average Bonchev–Trinajstić information content (AvgIpc) is 2.28. The maximum atomic E-state index is 9.01. The van der Waals surface area contributed by atoms with Crippen LogP contribution in [0.3, 0.4) is 0 Å². The molecule has 0 fully saturated rings. The van der Waals surface area contributed by atoms with Gasteiger partial charge in [-0.15, -0.1) is 0 Å². The zero-order valence-electron chi connectivity index (χ0n) is 10.5. The molecule has 1 rings (SSSR count). The Hall–Kier alpha value is -1.39. The summed E-state index contributed by atoms with van der Waals surface area (Å²) in [6.45, 7) is 5.78. The maximum Gasteiger partial charge on any atom is 0.122 e. The lowest BCUT2D eigenvalue weighted by atomic mass is 10.1. The van der Waals surface area contributed by atoms with E-state index in [9.17, 15) is 0 Å². The molecule has 0 heterocycles. The number of nitrogens with zero attached hydrogens (tertiary/aromatic N) is 1. The van der Waals surface area contributed by atoms with E-state index >= 15 is 0 Å². The van der Waals surface area contributed by atoms with Gasteiger partial charge in [0, 0.05) is 24.7 Å². The van der Waals surface area contributed by atoms with Crippen LogP contribution >= 0.6 is 0 Å². The number of benzene rings is 1. The van der Waals surface area contributed by atoms with Crippen LogP contribution in [-0.4, -0.2) is 35.0 Å². The predicted octanol–water partition coefficient (Wildman–Crippen LogP) is 1.17. The van der Waals surface area contributed by atoms with Crippen molar-refractivity contribution in [2.75, 3.05) is 13.2 Å². The van der Waals surface area contributed by atoms with Gasteiger partial charge in [-0.05, 0) is 25.5 Å². The summed E-state index contributed by atoms with van der Waals surface area (Å²) >= 11 is 0. The Kier molecular flexibility index (Phi) is 5.12. The number of aliphatic hydroxyl groups excluding tert-OH is 1. The number of amidine groups is 1. The number of hydrogen-bond donors (Lipinski definition) is 3. The van der Waals surface area contributed by atoms with Gasteiger partial charge in [0.2, 0.25) is 0 Å². The van der Waals surface area contributed by atoms with Crippen LogP contribution in [0.4, 0.5) is 0 Å². The van der Waals surface area contributed by atoms with Crippen molar-refractivity contribution in [1.82, 2.24) is 4.90 Å². The van der Waals surface area contributed by atoms with Crippen LogP contribution in [-0.2, 0) is 6.54 Å². The average molecular weight is 235 g/mol. The molecular weight excluding hydrogens is 214 g/mol. The summed E-state index contributed by atoms with van der Waals surface area (Å²) < 4.78 is 0. The summed E-state index contributed by atoms with van der Waals surface area (Å²) in [5, 5.41) is 16.4. The molecule has 0 amide bonds. The molecule has 0 saturated carbocycles. The van der Waals surface area contributed by atoms with Crippen molar-refractivity contribution in [1.29, 1.82) is 5.41 Å². The normalized spacial score (nSPS) is 11.1. The van der Waals surface area contributed by atoms with Crippen molar-refractivity contribution in [3.63, 3.8) is 0 Å². The van der Waals surface area contributed by atoms with Gasteiger partial charge >= 0.3 is 0 Å². The van der Waals surface area contributed by atoms with Crippen molar-refractivity contribution in [3.8, 4) is 0 Å². The van der Waals surface area contributed by atoms with Gasteiger partial charge in [-0.1, -0.05) is 18.2 Å². The molecule has 1 aromatic rings. The van der Waals surface area contributed by atoms with Crippen molar-refractivity contribution in [3.05, 3.63) is 35.4 Å². The van der Waals surface area contributed by atoms with E-state index in [1.54, 1.807) is 0 Å². The smallest absolute Gasteiger partial charge is 0.122 e. The van der Waals surface area contributed by atoms with Crippen LogP contribution in [0.25, 0.3) is 0 Å². The predicted molar refractivity (Wildman–Crippen MR) is 70.1 cm³/mol. The van der Waals surface area contributed by atoms with Gasteiger partial charge in [0.15, 0.2) is 0 Å². The quantitative estimate of drug-likeness (QED) is 0.512. The molecule has 4 heteroatoms. The fourth-order valence-corrected chi connectivity index (χ4v) is 1.72. The van der Waals surface area contributed by atoms with Crippen LogP contribution < -0.4 is 5.73 Å². The lowest BCUT2D eigenvalue weighted by Crippen LogP contribution is -2.33. The molecule has 0 unspecified atom stereocenters. The molecular formula is C13H21N3O. The summed E-state index contributed by atoms with van der Waals surface area (Å²) in [6, 6.07) is 8.05. The highest BCUT2D eigenvalue weighted by Gasteiger charge is 2.09. The molecule has 0 aliphatic carbocycles. The Bertz CT molecular complexity index is 377. The second kappa shape index (κ2) is 6.37. The van der Waals surface area contributed by atoms with Gasteiger partial charge in [-0.25, -0.2) is 0 Å². The van der Waals surface area contributed by atoms with Crippen molar-refractivity contribution >= 4 is 5.84 Å². The highest BCUT2D eigenvalue weighted by molar-refractivity contribution is 5.95. The van der Waals surface area contributed by atoms with Crippen molar-refractivity contribution < 1.29 is 5.11 Å². The van der Waals surface area contributed by atoms with Crippen LogP contribution in [0.2, 0.25) is 0 Å². The number of nitrogens with one attached hydrogen (secondary N) is 1. The lowest BCUT2D eigenvalue weighted by Gasteiger charge is -2.25. The van der Waals surface area contributed by atoms with E-state index in [1.165, 1.54) is 0 Å². The molecule has 0 saturated heterocycles. The topological polar surface area (TPSA) is 73.3 Å². The second-order valence-corrected chi connectivity index (χ2v) is 4.40. The molecule has 0 aliphatic rings. The zero-order valence-corrected chi connectivity index (χ0v) is 10.5. The fraction of sp³-hybridized carbons (Fsp3) is 0.462. The molecule has 17 heavy (non-hydrogen) atoms. The molecule has 1 aromatic carbocycles. The standard InChI is InChI=1S/C13H21N3O/c1-10(2)16(6-7-17)9-11-4-3-5-12(8-11)13(14)15/h3-5,8,10,17H,6-7,9H2,1-2H3,(H3,14,15). The summed E-state index contributed by atoms with van der Waals surface area (Å²) in [7, 11) is 0. The molecule has 0 aliphatic heterocycles. The van der Waals surface area contributed by atoms with E-state index in [4.69, 9.17) is 16.2 Å². The molecule has 0 bridgehead atoms. The van der Waals surface area contributed by atoms with E-state index in [-0.39, 0.29) is 12.4 Å². The first kappa shape index (κ1) is 13.7. The first-order valence-corrected chi connectivity index (χ1v) is 5.83.